The lowest BCUT2D eigenvalue weighted by Crippen LogP contribution is -2.47. The van der Waals surface area contributed by atoms with E-state index in [1.165, 1.54) is 14.1 Å². The number of alkyl halides is 3. The van der Waals surface area contributed by atoms with Gasteiger partial charge < -0.3 is 9.08 Å². The van der Waals surface area contributed by atoms with E-state index in [0.29, 0.717) is 25.6 Å². The third-order valence-electron chi connectivity index (χ3n) is 4.26. The maximum Gasteiger partial charge on any atom is 0.403 e. The Bertz CT molecular complexity index is 355. The van der Waals surface area contributed by atoms with Crippen LogP contribution in [0.15, 0.2) is 0 Å². The summed E-state index contributed by atoms with van der Waals surface area (Å²) in [6.45, 7) is 1.54. The first-order chi connectivity index (χ1) is 9.40. The molecule has 1 aliphatic carbocycles. The average molecular weight is 423 g/mol. The number of likely N-dealkylation sites (tertiary alicyclic amines) is 1. The lowest BCUT2D eigenvalue weighted by Gasteiger charge is -2.34. The summed E-state index contributed by atoms with van der Waals surface area (Å²) in [7, 11) is 1.29. The van der Waals surface area contributed by atoms with Crippen LogP contribution in [-0.2, 0) is 8.98 Å². The van der Waals surface area contributed by atoms with Crippen molar-refractivity contribution in [2.75, 3.05) is 19.7 Å². The molecule has 2 fully saturated rings. The van der Waals surface area contributed by atoms with E-state index in [1.807, 2.05) is 0 Å². The van der Waals surface area contributed by atoms with E-state index < -0.39 is 17.5 Å². The third-order valence-corrected chi connectivity index (χ3v) is 5.28. The molecule has 2 aliphatic rings. The summed E-state index contributed by atoms with van der Waals surface area (Å²) in [5, 5.41) is 0. The summed E-state index contributed by atoms with van der Waals surface area (Å²) < 4.78 is 43.9. The van der Waals surface area contributed by atoms with Gasteiger partial charge in [0.2, 0.25) is 5.91 Å². The van der Waals surface area contributed by atoms with E-state index in [-0.39, 0.29) is 12.8 Å². The van der Waals surface area contributed by atoms with Gasteiger partial charge in [-0.25, -0.2) is 0 Å². The van der Waals surface area contributed by atoms with Crippen LogP contribution < -0.4 is 0 Å². The first-order valence-corrected chi connectivity index (χ1v) is 9.95. The predicted molar refractivity (Wildman–Crippen MR) is 79.2 cm³/mol. The first-order valence-electron chi connectivity index (χ1n) is 6.67. The van der Waals surface area contributed by atoms with E-state index in [2.05, 4.69) is 21.2 Å². The minimum Gasteiger partial charge on any atom is -0.342 e. The highest BCUT2D eigenvalue weighted by Gasteiger charge is 2.69. The summed E-state index contributed by atoms with van der Waals surface area (Å²) in [4.78, 5) is 13.5. The molecular formula is C12H17F3INO2S. The molecule has 0 bridgehead atoms. The Kier molecular flexibility index (Phi) is 5.50. The molecule has 1 saturated heterocycles. The molecule has 0 unspecified atom stereocenters. The van der Waals surface area contributed by atoms with E-state index in [4.69, 9.17) is 4.18 Å². The Labute approximate surface area is 132 Å². The van der Waals surface area contributed by atoms with Gasteiger partial charge in [-0.1, -0.05) is 0 Å². The Morgan fingerprint density at radius 3 is 2.40 bits per heavy atom. The van der Waals surface area contributed by atoms with Crippen LogP contribution in [-0.4, -0.2) is 36.7 Å². The number of amides is 1. The minimum absolute atomic E-state index is 0.0456. The normalized spacial score (nSPS) is 22.9. The maximum absolute atomic E-state index is 12.9. The highest BCUT2D eigenvalue weighted by Crippen LogP contribution is 2.58. The molecule has 0 aromatic rings. The van der Waals surface area contributed by atoms with Crippen molar-refractivity contribution in [3.63, 3.8) is 0 Å². The van der Waals surface area contributed by atoms with Crippen molar-refractivity contribution in [3.05, 3.63) is 0 Å². The predicted octanol–water partition coefficient (Wildman–Crippen LogP) is 3.97. The Balaban J connectivity index is 1.81. The average Bonchev–Trinajstić information content (AvgIpc) is 3.20. The van der Waals surface area contributed by atoms with Gasteiger partial charge in [0.05, 0.1) is 15.8 Å². The summed E-state index contributed by atoms with van der Waals surface area (Å²) in [5.41, 5.74) is -2.05. The third kappa shape index (κ3) is 3.55. The van der Waals surface area contributed by atoms with Crippen molar-refractivity contribution < 1.29 is 22.1 Å². The molecule has 116 valence electrons. The molecule has 0 aromatic carbocycles. The number of piperidine rings is 1. The zero-order valence-electron chi connectivity index (χ0n) is 10.9. The highest BCUT2D eigenvalue weighted by molar-refractivity contribution is 14.2. The van der Waals surface area contributed by atoms with Crippen LogP contribution in [0, 0.1) is 11.3 Å². The first kappa shape index (κ1) is 16.7. The zero-order valence-corrected chi connectivity index (χ0v) is 13.9. The SMILES string of the molecule is O=C(N1CCC(CCOSI)CC1)C1(C(F)(F)F)CC1. The van der Waals surface area contributed by atoms with E-state index in [9.17, 15) is 18.0 Å². The maximum atomic E-state index is 12.9. The molecule has 1 heterocycles. The number of carbonyl (C=O) groups is 1. The van der Waals surface area contributed by atoms with Crippen molar-refractivity contribution in [1.82, 2.24) is 4.90 Å². The molecule has 0 radical (unpaired) electrons. The van der Waals surface area contributed by atoms with Gasteiger partial charge >= 0.3 is 6.18 Å². The smallest absolute Gasteiger partial charge is 0.342 e. The summed E-state index contributed by atoms with van der Waals surface area (Å²) in [6.07, 6.45) is -2.04. The standard InChI is InChI=1S/C12H17F3INO2S/c13-12(14,15)11(4-5-11)10(18)17-6-1-9(2-7-17)3-8-19-20-16/h9H,1-8H2. The van der Waals surface area contributed by atoms with E-state index >= 15 is 0 Å². The number of hydrogen-bond acceptors (Lipinski definition) is 3. The fourth-order valence-corrected chi connectivity index (χ4v) is 3.42. The molecule has 0 atom stereocenters. The fourth-order valence-electron chi connectivity index (χ4n) is 2.72. The summed E-state index contributed by atoms with van der Waals surface area (Å²) in [6, 6.07) is 0. The second-order valence-electron chi connectivity index (χ2n) is 5.49. The van der Waals surface area contributed by atoms with Crippen LogP contribution in [0.3, 0.4) is 0 Å². The van der Waals surface area contributed by atoms with Crippen LogP contribution in [0.4, 0.5) is 13.2 Å². The van der Waals surface area contributed by atoms with Gasteiger partial charge in [-0.3, -0.25) is 4.79 Å². The van der Waals surface area contributed by atoms with Gasteiger partial charge in [0.1, 0.15) is 5.41 Å². The van der Waals surface area contributed by atoms with E-state index in [1.54, 1.807) is 0 Å². The zero-order chi connectivity index (χ0) is 14.8. The van der Waals surface area contributed by atoms with Crippen molar-refractivity contribution in [2.45, 2.75) is 38.3 Å². The van der Waals surface area contributed by atoms with Gasteiger partial charge in [-0.2, -0.15) is 13.2 Å². The topological polar surface area (TPSA) is 29.5 Å². The molecule has 1 aliphatic heterocycles. The Hall–Kier alpha value is 0.300. The molecule has 20 heavy (non-hydrogen) atoms. The Morgan fingerprint density at radius 1 is 1.35 bits per heavy atom. The molecule has 0 aromatic heterocycles. The van der Waals surface area contributed by atoms with Crippen molar-refractivity contribution >= 4 is 36.3 Å². The lowest BCUT2D eigenvalue weighted by atomic mass is 9.92. The molecular weight excluding hydrogens is 406 g/mol. The van der Waals surface area contributed by atoms with Crippen molar-refractivity contribution in [2.24, 2.45) is 11.3 Å². The molecule has 3 nitrogen and oxygen atoms in total. The molecule has 8 heteroatoms. The molecule has 0 N–H and O–H groups in total. The molecule has 1 amide bonds. The lowest BCUT2D eigenvalue weighted by molar-refractivity contribution is -0.199. The van der Waals surface area contributed by atoms with Crippen LogP contribution in [0.5, 0.6) is 0 Å². The van der Waals surface area contributed by atoms with Crippen molar-refractivity contribution in [3.8, 4) is 0 Å². The Morgan fingerprint density at radius 2 is 1.95 bits per heavy atom. The number of hydrogen-bond donors (Lipinski definition) is 0. The summed E-state index contributed by atoms with van der Waals surface area (Å²) >= 11 is 2.05. The molecule has 1 saturated carbocycles. The van der Waals surface area contributed by atoms with Gasteiger partial charge in [0.25, 0.3) is 0 Å². The van der Waals surface area contributed by atoms with Gasteiger partial charge in [0, 0.05) is 34.3 Å². The van der Waals surface area contributed by atoms with Crippen LogP contribution in [0.25, 0.3) is 0 Å². The number of rotatable bonds is 5. The fraction of sp³-hybridized carbons (Fsp3) is 0.917. The van der Waals surface area contributed by atoms with Crippen LogP contribution in [0.1, 0.15) is 32.1 Å². The van der Waals surface area contributed by atoms with Gasteiger partial charge in [-0.15, -0.1) is 0 Å². The van der Waals surface area contributed by atoms with Crippen LogP contribution >= 0.6 is 30.4 Å². The second-order valence-corrected chi connectivity index (χ2v) is 6.93. The monoisotopic (exact) mass is 423 g/mol. The van der Waals surface area contributed by atoms with Gasteiger partial charge in [0.15, 0.2) is 0 Å². The molecule has 2 rings (SSSR count). The van der Waals surface area contributed by atoms with Gasteiger partial charge in [-0.05, 0) is 38.0 Å². The number of carbonyl (C=O) groups excluding carboxylic acids is 1. The number of nitrogens with zero attached hydrogens (tertiary/aromatic N) is 1. The molecule has 0 spiro atoms. The second kappa shape index (κ2) is 6.60. The van der Waals surface area contributed by atoms with E-state index in [0.717, 1.165) is 19.3 Å². The van der Waals surface area contributed by atoms with Crippen molar-refractivity contribution in [1.29, 1.82) is 0 Å². The minimum atomic E-state index is -4.40. The summed E-state index contributed by atoms with van der Waals surface area (Å²) in [5.74, 6) is -0.258. The van der Waals surface area contributed by atoms with Crippen LogP contribution in [0.2, 0.25) is 0 Å². The largest absolute Gasteiger partial charge is 0.403 e. The quantitative estimate of drug-likeness (QED) is 0.381. The number of halogens is 4. The highest BCUT2D eigenvalue weighted by atomic mass is 127.